The van der Waals surface area contributed by atoms with Crippen LogP contribution in [0.25, 0.3) is 11.1 Å². The minimum Gasteiger partial charge on any atom is -0.507 e. The summed E-state index contributed by atoms with van der Waals surface area (Å²) < 4.78 is 5.86. The molecular weight excluding hydrogens is 399 g/mol. The van der Waals surface area contributed by atoms with Crippen molar-refractivity contribution in [2.75, 3.05) is 0 Å². The molecule has 0 bridgehead atoms. The van der Waals surface area contributed by atoms with Gasteiger partial charge in [0.1, 0.15) is 11.5 Å². The highest BCUT2D eigenvalue weighted by atomic mass is 35.5. The molecular formula is C22H18Cl2O4. The number of carbonyl (C=O) groups is 1. The van der Waals surface area contributed by atoms with Crippen LogP contribution < -0.4 is 4.74 Å². The van der Waals surface area contributed by atoms with Crippen molar-refractivity contribution in [3.8, 4) is 28.4 Å². The van der Waals surface area contributed by atoms with Gasteiger partial charge >= 0.3 is 5.97 Å². The summed E-state index contributed by atoms with van der Waals surface area (Å²) in [5, 5.41) is 19.7. The van der Waals surface area contributed by atoms with Gasteiger partial charge in [0.2, 0.25) is 0 Å². The molecule has 0 amide bonds. The van der Waals surface area contributed by atoms with E-state index in [4.69, 9.17) is 33.0 Å². The van der Waals surface area contributed by atoms with Crippen molar-refractivity contribution in [2.24, 2.45) is 0 Å². The Kier molecular flexibility index (Phi) is 5.82. The summed E-state index contributed by atoms with van der Waals surface area (Å²) in [6.07, 6.45) is -0.185. The van der Waals surface area contributed by atoms with E-state index in [-0.39, 0.29) is 28.0 Å². The average molecular weight is 417 g/mol. The number of rotatable bonds is 5. The molecule has 28 heavy (non-hydrogen) atoms. The highest BCUT2D eigenvalue weighted by Gasteiger charge is 2.15. The second-order valence-corrected chi connectivity index (χ2v) is 7.30. The van der Waals surface area contributed by atoms with Crippen LogP contribution in [0.4, 0.5) is 0 Å². The number of carboxylic acid groups (broad SMARTS) is 1. The lowest BCUT2D eigenvalue weighted by atomic mass is 9.96. The molecule has 0 heterocycles. The highest BCUT2D eigenvalue weighted by molar-refractivity contribution is 6.37. The number of carboxylic acids is 1. The summed E-state index contributed by atoms with van der Waals surface area (Å²) in [6, 6.07) is 13.8. The molecule has 0 radical (unpaired) electrons. The van der Waals surface area contributed by atoms with E-state index in [0.29, 0.717) is 16.9 Å². The zero-order chi connectivity index (χ0) is 20.4. The van der Waals surface area contributed by atoms with Gasteiger partial charge in [0.15, 0.2) is 5.75 Å². The van der Waals surface area contributed by atoms with E-state index in [2.05, 4.69) is 0 Å². The van der Waals surface area contributed by atoms with Gasteiger partial charge in [-0.15, -0.1) is 0 Å². The van der Waals surface area contributed by atoms with Crippen LogP contribution in [0.1, 0.15) is 16.7 Å². The van der Waals surface area contributed by atoms with E-state index in [0.717, 1.165) is 16.7 Å². The third kappa shape index (κ3) is 4.24. The fourth-order valence-electron chi connectivity index (χ4n) is 2.94. The van der Waals surface area contributed by atoms with Gasteiger partial charge in [0, 0.05) is 5.56 Å². The lowest BCUT2D eigenvalue weighted by molar-refractivity contribution is -0.136. The van der Waals surface area contributed by atoms with Crippen molar-refractivity contribution in [1.82, 2.24) is 0 Å². The van der Waals surface area contributed by atoms with Crippen LogP contribution in [-0.4, -0.2) is 16.2 Å². The molecule has 0 fully saturated rings. The zero-order valence-corrected chi connectivity index (χ0v) is 16.8. The van der Waals surface area contributed by atoms with E-state index in [1.807, 2.05) is 32.0 Å². The smallest absolute Gasteiger partial charge is 0.307 e. The Morgan fingerprint density at radius 1 is 1.00 bits per heavy atom. The van der Waals surface area contributed by atoms with Crippen LogP contribution in [-0.2, 0) is 11.2 Å². The number of aliphatic carboxylic acids is 1. The monoisotopic (exact) mass is 416 g/mol. The first-order valence-corrected chi connectivity index (χ1v) is 9.29. The normalized spacial score (nSPS) is 10.7. The molecule has 0 aliphatic carbocycles. The lowest BCUT2D eigenvalue weighted by Gasteiger charge is -2.14. The maximum Gasteiger partial charge on any atom is 0.307 e. The van der Waals surface area contributed by atoms with Gasteiger partial charge in [0.05, 0.1) is 16.5 Å². The molecule has 3 aromatic carbocycles. The number of phenols is 1. The van der Waals surface area contributed by atoms with Crippen molar-refractivity contribution in [2.45, 2.75) is 20.3 Å². The molecule has 0 saturated carbocycles. The second kappa shape index (κ2) is 8.13. The summed E-state index contributed by atoms with van der Waals surface area (Å²) in [4.78, 5) is 10.9. The Balaban J connectivity index is 1.98. The SMILES string of the molecule is Cc1cccc(-c2cc(Oc3c(Cl)cc(CC(=O)O)cc3Cl)ccc2O)c1C. The van der Waals surface area contributed by atoms with Crippen LogP contribution in [0, 0.1) is 13.8 Å². The minimum absolute atomic E-state index is 0.134. The van der Waals surface area contributed by atoms with Crippen molar-refractivity contribution < 1.29 is 19.7 Å². The third-order valence-electron chi connectivity index (χ3n) is 4.50. The Bertz CT molecular complexity index is 1040. The molecule has 2 N–H and O–H groups in total. The minimum atomic E-state index is -0.975. The number of ether oxygens (including phenoxy) is 1. The standard InChI is InChI=1S/C22H18Cl2O4/c1-12-4-3-5-16(13(12)2)17-11-15(6-7-20(17)25)28-22-18(23)8-14(9-19(22)24)10-21(26)27/h3-9,11,25H,10H2,1-2H3,(H,26,27). The summed E-state index contributed by atoms with van der Waals surface area (Å²) in [6.45, 7) is 4.00. The van der Waals surface area contributed by atoms with Crippen LogP contribution in [0.2, 0.25) is 10.0 Å². The molecule has 6 heteroatoms. The van der Waals surface area contributed by atoms with Gasteiger partial charge in [-0.2, -0.15) is 0 Å². The maximum absolute atomic E-state index is 10.9. The molecule has 0 saturated heterocycles. The number of halogens is 2. The molecule has 3 rings (SSSR count). The topological polar surface area (TPSA) is 66.8 Å². The fraction of sp³-hybridized carbons (Fsp3) is 0.136. The van der Waals surface area contributed by atoms with E-state index < -0.39 is 5.97 Å². The van der Waals surface area contributed by atoms with E-state index >= 15 is 0 Å². The quantitative estimate of drug-likeness (QED) is 0.504. The number of phenolic OH excluding ortho intramolecular Hbond substituents is 1. The van der Waals surface area contributed by atoms with Crippen molar-refractivity contribution >= 4 is 29.2 Å². The first-order valence-electron chi connectivity index (χ1n) is 8.53. The molecule has 0 unspecified atom stereocenters. The zero-order valence-electron chi connectivity index (χ0n) is 15.3. The maximum atomic E-state index is 10.9. The number of aromatic hydroxyl groups is 1. The number of aryl methyl sites for hydroxylation is 1. The molecule has 0 aliphatic rings. The highest BCUT2D eigenvalue weighted by Crippen LogP contribution is 2.40. The molecule has 3 aromatic rings. The Labute approximate surface area is 172 Å². The predicted molar refractivity (Wildman–Crippen MR) is 111 cm³/mol. The molecule has 0 atom stereocenters. The van der Waals surface area contributed by atoms with Crippen LogP contribution in [0.3, 0.4) is 0 Å². The van der Waals surface area contributed by atoms with E-state index in [1.165, 1.54) is 12.1 Å². The summed E-state index contributed by atoms with van der Waals surface area (Å²) in [7, 11) is 0. The fourth-order valence-corrected chi connectivity index (χ4v) is 3.55. The first kappa shape index (κ1) is 20.1. The largest absolute Gasteiger partial charge is 0.507 e. The number of benzene rings is 3. The summed E-state index contributed by atoms with van der Waals surface area (Å²) in [5.41, 5.74) is 4.19. The Hall–Kier alpha value is -2.69. The van der Waals surface area contributed by atoms with Gasteiger partial charge in [-0.05, 0) is 66.4 Å². The number of hydrogen-bond donors (Lipinski definition) is 2. The van der Waals surface area contributed by atoms with Gasteiger partial charge in [-0.25, -0.2) is 0 Å². The first-order chi connectivity index (χ1) is 13.3. The predicted octanol–water partition coefficient (Wildman–Crippen LogP) is 6.40. The second-order valence-electron chi connectivity index (χ2n) is 6.49. The third-order valence-corrected chi connectivity index (χ3v) is 5.06. The van der Waals surface area contributed by atoms with E-state index in [1.54, 1.807) is 18.2 Å². The van der Waals surface area contributed by atoms with Gasteiger partial charge in [-0.3, -0.25) is 4.79 Å². The lowest BCUT2D eigenvalue weighted by Crippen LogP contribution is -2.00. The Morgan fingerprint density at radius 2 is 1.68 bits per heavy atom. The summed E-state index contributed by atoms with van der Waals surface area (Å²) >= 11 is 12.5. The van der Waals surface area contributed by atoms with Gasteiger partial charge in [-0.1, -0.05) is 41.4 Å². The molecule has 0 spiro atoms. The molecule has 144 valence electrons. The van der Waals surface area contributed by atoms with Crippen LogP contribution in [0.5, 0.6) is 17.2 Å². The number of hydrogen-bond acceptors (Lipinski definition) is 3. The summed E-state index contributed by atoms with van der Waals surface area (Å²) in [5.74, 6) is -0.161. The average Bonchev–Trinajstić information content (AvgIpc) is 2.61. The Morgan fingerprint density at radius 3 is 2.32 bits per heavy atom. The molecule has 4 nitrogen and oxygen atoms in total. The van der Waals surface area contributed by atoms with Crippen LogP contribution >= 0.6 is 23.2 Å². The van der Waals surface area contributed by atoms with Gasteiger partial charge < -0.3 is 14.9 Å². The van der Waals surface area contributed by atoms with Crippen molar-refractivity contribution in [3.05, 3.63) is 75.3 Å². The van der Waals surface area contributed by atoms with Gasteiger partial charge in [0.25, 0.3) is 0 Å². The van der Waals surface area contributed by atoms with Crippen molar-refractivity contribution in [1.29, 1.82) is 0 Å². The van der Waals surface area contributed by atoms with Crippen molar-refractivity contribution in [3.63, 3.8) is 0 Å². The molecule has 0 aliphatic heterocycles. The van der Waals surface area contributed by atoms with Crippen LogP contribution in [0.15, 0.2) is 48.5 Å². The molecule has 0 aromatic heterocycles. The van der Waals surface area contributed by atoms with E-state index in [9.17, 15) is 9.90 Å².